The van der Waals surface area contributed by atoms with E-state index in [9.17, 15) is 13.6 Å². The third-order valence-corrected chi connectivity index (χ3v) is 2.66. The molecule has 1 rings (SSSR count). The zero-order valence-electron chi connectivity index (χ0n) is 10.00. The van der Waals surface area contributed by atoms with Crippen LogP contribution >= 0.6 is 0 Å². The second-order valence-corrected chi connectivity index (χ2v) is 4.19. The lowest BCUT2D eigenvalue weighted by Crippen LogP contribution is -2.46. The van der Waals surface area contributed by atoms with Gasteiger partial charge in [0.05, 0.1) is 6.54 Å². The monoisotopic (exact) mass is 246 g/mol. The van der Waals surface area contributed by atoms with Crippen molar-refractivity contribution in [2.24, 2.45) is 5.73 Å². The maximum absolute atomic E-state index is 13.6. The molecule has 5 nitrogen and oxygen atoms in total. The van der Waals surface area contributed by atoms with Crippen LogP contribution < -0.4 is 5.73 Å². The largest absolute Gasteiger partial charge is 0.403 e. The molecule has 17 heavy (non-hydrogen) atoms. The second-order valence-electron chi connectivity index (χ2n) is 4.19. The minimum atomic E-state index is -3.52. The number of rotatable bonds is 1. The fourth-order valence-corrected chi connectivity index (χ4v) is 1.65. The van der Waals surface area contributed by atoms with Crippen molar-refractivity contribution in [2.45, 2.75) is 25.8 Å². The lowest BCUT2D eigenvalue weighted by atomic mass is 10.2. The third-order valence-electron chi connectivity index (χ3n) is 2.66. The molecule has 0 radical (unpaired) electrons. The molecule has 0 aromatic heterocycles. The van der Waals surface area contributed by atoms with Crippen LogP contribution in [0.25, 0.3) is 0 Å². The van der Waals surface area contributed by atoms with Crippen LogP contribution in [0.3, 0.4) is 0 Å². The molecule has 0 bridgehead atoms. The average Bonchev–Trinajstić information content (AvgIpc) is 2.29. The molecular weight excluding hydrogens is 230 g/mol. The van der Waals surface area contributed by atoms with Crippen LogP contribution in [0, 0.1) is 5.41 Å². The van der Waals surface area contributed by atoms with Crippen LogP contribution in [0.4, 0.5) is 8.78 Å². The SMILES string of the molecule is CC(C)N1CC(F)(F)C(=O)N(C)/C(=C/N)C1=N. The lowest BCUT2D eigenvalue weighted by molar-refractivity contribution is -0.154. The van der Waals surface area contributed by atoms with Crippen molar-refractivity contribution < 1.29 is 13.6 Å². The van der Waals surface area contributed by atoms with E-state index in [-0.39, 0.29) is 17.6 Å². The molecule has 0 aromatic rings. The van der Waals surface area contributed by atoms with Gasteiger partial charge in [-0.2, -0.15) is 8.78 Å². The molecular formula is C10H16F2N4O. The van der Waals surface area contributed by atoms with E-state index in [1.54, 1.807) is 13.8 Å². The molecule has 1 aliphatic rings. The Morgan fingerprint density at radius 2 is 2.06 bits per heavy atom. The van der Waals surface area contributed by atoms with Gasteiger partial charge in [-0.1, -0.05) is 0 Å². The Bertz CT molecular complexity index is 379. The quantitative estimate of drug-likeness (QED) is 0.711. The van der Waals surface area contributed by atoms with Crippen LogP contribution in [-0.4, -0.2) is 47.1 Å². The number of nitrogens with zero attached hydrogens (tertiary/aromatic N) is 2. The lowest BCUT2D eigenvalue weighted by Gasteiger charge is -2.28. The molecule has 0 spiro atoms. The molecule has 0 atom stereocenters. The summed E-state index contributed by atoms with van der Waals surface area (Å²) in [5.74, 6) is -5.03. The highest BCUT2D eigenvalue weighted by molar-refractivity contribution is 6.02. The highest BCUT2D eigenvalue weighted by Crippen LogP contribution is 2.26. The standard InChI is InChI=1S/C10H16F2N4O/c1-6(2)16-5-10(11,12)9(17)15(3)7(4-13)8(16)14/h4,6,14H,5,13H2,1-3H3/b7-4+,14-8?. The van der Waals surface area contributed by atoms with Gasteiger partial charge in [0, 0.05) is 19.3 Å². The Labute approximate surface area is 98.4 Å². The molecule has 1 heterocycles. The van der Waals surface area contributed by atoms with E-state index in [4.69, 9.17) is 11.1 Å². The van der Waals surface area contributed by atoms with Crippen LogP contribution in [-0.2, 0) is 4.79 Å². The Morgan fingerprint density at radius 1 is 1.53 bits per heavy atom. The number of alkyl halides is 2. The fraction of sp³-hybridized carbons (Fsp3) is 0.600. The third kappa shape index (κ3) is 2.22. The molecule has 7 heteroatoms. The van der Waals surface area contributed by atoms with Crippen molar-refractivity contribution in [3.63, 3.8) is 0 Å². The maximum atomic E-state index is 13.6. The molecule has 0 saturated carbocycles. The van der Waals surface area contributed by atoms with Crippen LogP contribution in [0.5, 0.6) is 0 Å². The highest BCUT2D eigenvalue weighted by Gasteiger charge is 2.48. The Morgan fingerprint density at radius 3 is 2.47 bits per heavy atom. The van der Waals surface area contributed by atoms with Gasteiger partial charge in [-0.15, -0.1) is 0 Å². The van der Waals surface area contributed by atoms with Gasteiger partial charge >= 0.3 is 5.92 Å². The van der Waals surface area contributed by atoms with Crippen LogP contribution in [0.2, 0.25) is 0 Å². The first kappa shape index (κ1) is 13.4. The summed E-state index contributed by atoms with van der Waals surface area (Å²) < 4.78 is 27.2. The first-order valence-electron chi connectivity index (χ1n) is 5.15. The van der Waals surface area contributed by atoms with E-state index >= 15 is 0 Å². The molecule has 1 saturated heterocycles. The zero-order valence-corrected chi connectivity index (χ0v) is 10.00. The topological polar surface area (TPSA) is 73.4 Å². The predicted molar refractivity (Wildman–Crippen MR) is 59.6 cm³/mol. The number of nitrogens with one attached hydrogen (secondary N) is 1. The van der Waals surface area contributed by atoms with Gasteiger partial charge in [0.15, 0.2) is 0 Å². The highest BCUT2D eigenvalue weighted by atomic mass is 19.3. The summed E-state index contributed by atoms with van der Waals surface area (Å²) in [5.41, 5.74) is 5.29. The average molecular weight is 246 g/mol. The molecule has 96 valence electrons. The number of amides is 1. The van der Waals surface area contributed by atoms with E-state index in [1.807, 2.05) is 0 Å². The van der Waals surface area contributed by atoms with Crippen molar-refractivity contribution in [2.75, 3.05) is 13.6 Å². The number of likely N-dealkylation sites (N-methyl/N-ethyl adjacent to an activating group) is 1. The van der Waals surface area contributed by atoms with Crippen LogP contribution in [0.1, 0.15) is 13.8 Å². The summed E-state index contributed by atoms with van der Waals surface area (Å²) in [6, 6.07) is -0.317. The van der Waals surface area contributed by atoms with Crippen molar-refractivity contribution in [1.82, 2.24) is 9.80 Å². The summed E-state index contributed by atoms with van der Waals surface area (Å²) in [6.45, 7) is 2.55. The number of amidine groups is 1. The summed E-state index contributed by atoms with van der Waals surface area (Å²) in [5, 5.41) is 7.82. The first-order chi connectivity index (χ1) is 7.72. The van der Waals surface area contributed by atoms with E-state index in [1.165, 1.54) is 7.05 Å². The molecule has 0 aromatic carbocycles. The van der Waals surface area contributed by atoms with Gasteiger partial charge in [-0.25, -0.2) is 0 Å². The van der Waals surface area contributed by atoms with Crippen molar-refractivity contribution in [3.8, 4) is 0 Å². The van der Waals surface area contributed by atoms with E-state index in [2.05, 4.69) is 0 Å². The summed E-state index contributed by atoms with van der Waals surface area (Å²) >= 11 is 0. The molecule has 1 fully saturated rings. The summed E-state index contributed by atoms with van der Waals surface area (Å²) in [7, 11) is 1.19. The normalized spacial score (nSPS) is 23.5. The van der Waals surface area contributed by atoms with E-state index in [0.717, 1.165) is 16.0 Å². The van der Waals surface area contributed by atoms with E-state index in [0.29, 0.717) is 0 Å². The second kappa shape index (κ2) is 4.31. The Kier molecular flexibility index (Phi) is 3.40. The van der Waals surface area contributed by atoms with Crippen LogP contribution in [0.15, 0.2) is 11.9 Å². The summed E-state index contributed by atoms with van der Waals surface area (Å²) in [4.78, 5) is 13.4. The van der Waals surface area contributed by atoms with Gasteiger partial charge in [0.25, 0.3) is 5.91 Å². The van der Waals surface area contributed by atoms with Gasteiger partial charge in [0.1, 0.15) is 11.5 Å². The molecule has 0 aliphatic carbocycles. The van der Waals surface area contributed by atoms with Gasteiger partial charge in [-0.3, -0.25) is 10.2 Å². The van der Waals surface area contributed by atoms with Crippen molar-refractivity contribution >= 4 is 11.7 Å². The minimum Gasteiger partial charge on any atom is -0.403 e. The van der Waals surface area contributed by atoms with E-state index < -0.39 is 18.4 Å². The number of hydrogen-bond donors (Lipinski definition) is 2. The molecule has 0 unspecified atom stereocenters. The minimum absolute atomic E-state index is 0.0131. The maximum Gasteiger partial charge on any atom is 0.342 e. The Hall–Kier alpha value is -1.66. The predicted octanol–water partition coefficient (Wildman–Crippen LogP) is 0.581. The number of hydrogen-bond acceptors (Lipinski definition) is 3. The van der Waals surface area contributed by atoms with Gasteiger partial charge < -0.3 is 15.5 Å². The number of carbonyl (C=O) groups excluding carboxylic acids is 1. The van der Waals surface area contributed by atoms with Crippen molar-refractivity contribution in [1.29, 1.82) is 5.41 Å². The first-order valence-corrected chi connectivity index (χ1v) is 5.15. The zero-order chi connectivity index (χ0) is 13.4. The summed E-state index contributed by atoms with van der Waals surface area (Å²) in [6.07, 6.45) is 0.997. The number of nitrogens with two attached hydrogens (primary N) is 1. The van der Waals surface area contributed by atoms with Gasteiger partial charge in [0.2, 0.25) is 0 Å². The molecule has 1 amide bonds. The number of halogens is 2. The molecule has 3 N–H and O–H groups in total. The Balaban J connectivity index is 3.27. The smallest absolute Gasteiger partial charge is 0.342 e. The molecule has 1 aliphatic heterocycles. The van der Waals surface area contributed by atoms with Crippen molar-refractivity contribution in [3.05, 3.63) is 11.9 Å². The fourth-order valence-electron chi connectivity index (χ4n) is 1.65. The number of carbonyl (C=O) groups is 1. The van der Waals surface area contributed by atoms with Gasteiger partial charge in [-0.05, 0) is 13.8 Å².